The number of aromatic nitrogens is 2. The van der Waals surface area contributed by atoms with Crippen LogP contribution in [0.2, 0.25) is 0 Å². The zero-order valence-electron chi connectivity index (χ0n) is 19.4. The van der Waals surface area contributed by atoms with Gasteiger partial charge in [0.1, 0.15) is 5.75 Å². The number of methoxy groups -OCH3 is 1. The van der Waals surface area contributed by atoms with Crippen LogP contribution < -0.4 is 4.74 Å². The largest absolute Gasteiger partial charge is 0.497 e. The van der Waals surface area contributed by atoms with Crippen LogP contribution >= 0.6 is 0 Å². The summed E-state index contributed by atoms with van der Waals surface area (Å²) in [5, 5.41) is 2.28. The molecule has 0 spiro atoms. The summed E-state index contributed by atoms with van der Waals surface area (Å²) >= 11 is 0. The first kappa shape index (κ1) is 20.9. The van der Waals surface area contributed by atoms with Gasteiger partial charge in [-0.2, -0.15) is 0 Å². The van der Waals surface area contributed by atoms with E-state index in [2.05, 4.69) is 102 Å². The molecule has 0 aliphatic rings. The van der Waals surface area contributed by atoms with Crippen LogP contribution in [0.1, 0.15) is 0 Å². The molecule has 0 saturated carbocycles. The summed E-state index contributed by atoms with van der Waals surface area (Å²) in [4.78, 5) is 8.69. The molecule has 0 radical (unpaired) electrons. The normalized spacial score (nSPS) is 11.0. The summed E-state index contributed by atoms with van der Waals surface area (Å²) in [5.41, 5.74) is 8.69. The number of nitrogens with one attached hydrogen (secondary N) is 1. The Morgan fingerprint density at radius 1 is 0.571 bits per heavy atom. The van der Waals surface area contributed by atoms with Crippen LogP contribution in [0.15, 0.2) is 121 Å². The van der Waals surface area contributed by atoms with Crippen molar-refractivity contribution in [2.75, 3.05) is 7.11 Å². The Labute approximate surface area is 204 Å². The molecule has 2 aromatic heterocycles. The Morgan fingerprint density at radius 3 is 1.89 bits per heavy atom. The van der Waals surface area contributed by atoms with Gasteiger partial charge in [0.2, 0.25) is 0 Å². The molecule has 35 heavy (non-hydrogen) atoms. The molecule has 0 aliphatic carbocycles. The van der Waals surface area contributed by atoms with E-state index in [1.54, 1.807) is 7.11 Å². The van der Waals surface area contributed by atoms with Gasteiger partial charge < -0.3 is 9.72 Å². The van der Waals surface area contributed by atoms with Gasteiger partial charge in [-0.15, -0.1) is 0 Å². The average molecular weight is 453 g/mol. The predicted octanol–water partition coefficient (Wildman–Crippen LogP) is 8.24. The number of hydrogen-bond acceptors (Lipinski definition) is 2. The highest BCUT2D eigenvalue weighted by atomic mass is 16.5. The van der Waals surface area contributed by atoms with E-state index in [9.17, 15) is 0 Å². The van der Waals surface area contributed by atoms with Gasteiger partial charge in [0.25, 0.3) is 0 Å². The molecule has 1 N–H and O–H groups in total. The third-order valence-corrected chi connectivity index (χ3v) is 6.41. The van der Waals surface area contributed by atoms with Crippen molar-refractivity contribution in [1.82, 2.24) is 9.97 Å². The van der Waals surface area contributed by atoms with Crippen molar-refractivity contribution < 1.29 is 4.74 Å². The maximum atomic E-state index is 5.45. The maximum Gasteiger partial charge on any atom is 0.118 e. The van der Waals surface area contributed by atoms with Crippen molar-refractivity contribution in [3.8, 4) is 50.6 Å². The minimum Gasteiger partial charge on any atom is -0.497 e. The summed E-state index contributed by atoms with van der Waals surface area (Å²) in [6.07, 6.45) is 1.89. The molecule has 3 nitrogen and oxygen atoms in total. The Kier molecular flexibility index (Phi) is 5.36. The van der Waals surface area contributed by atoms with Crippen molar-refractivity contribution in [1.29, 1.82) is 0 Å². The van der Waals surface area contributed by atoms with Gasteiger partial charge in [0.05, 0.1) is 24.2 Å². The van der Waals surface area contributed by atoms with E-state index in [1.165, 1.54) is 0 Å². The number of rotatable bonds is 5. The third kappa shape index (κ3) is 3.77. The molecule has 3 heteroatoms. The molecule has 2 heterocycles. The SMILES string of the molecule is COc1ccc(-c2c(-c3nccc4ccccc34)[nH]c(-c3ccccc3)c2-c2ccccc2)cc1. The lowest BCUT2D eigenvalue weighted by molar-refractivity contribution is 0.415. The minimum absolute atomic E-state index is 0.832. The van der Waals surface area contributed by atoms with Gasteiger partial charge >= 0.3 is 0 Å². The van der Waals surface area contributed by atoms with Gasteiger partial charge in [-0.25, -0.2) is 0 Å². The highest BCUT2D eigenvalue weighted by molar-refractivity contribution is 6.05. The number of benzene rings is 4. The van der Waals surface area contributed by atoms with E-state index in [0.717, 1.165) is 61.4 Å². The van der Waals surface area contributed by atoms with Crippen LogP contribution in [-0.2, 0) is 0 Å². The molecule has 0 atom stereocenters. The molecular weight excluding hydrogens is 428 g/mol. The van der Waals surface area contributed by atoms with Crippen molar-refractivity contribution in [2.45, 2.75) is 0 Å². The Bertz CT molecular complexity index is 1600. The monoisotopic (exact) mass is 452 g/mol. The van der Waals surface area contributed by atoms with Crippen molar-refractivity contribution in [3.63, 3.8) is 0 Å². The Balaban J connectivity index is 1.74. The van der Waals surface area contributed by atoms with Crippen molar-refractivity contribution >= 4 is 10.8 Å². The maximum absolute atomic E-state index is 5.45. The van der Waals surface area contributed by atoms with E-state index in [-0.39, 0.29) is 0 Å². The zero-order valence-corrected chi connectivity index (χ0v) is 19.4. The topological polar surface area (TPSA) is 37.9 Å². The fraction of sp³-hybridized carbons (Fsp3) is 0.0312. The first-order valence-corrected chi connectivity index (χ1v) is 11.7. The molecule has 0 aliphatic heterocycles. The molecule has 6 aromatic rings. The quantitative estimate of drug-likeness (QED) is 0.286. The molecule has 0 amide bonds. The van der Waals surface area contributed by atoms with E-state index in [0.29, 0.717) is 0 Å². The molecule has 0 saturated heterocycles. The molecular formula is C32H24N2O. The lowest BCUT2D eigenvalue weighted by atomic mass is 9.91. The van der Waals surface area contributed by atoms with Crippen LogP contribution in [0, 0.1) is 0 Å². The fourth-order valence-corrected chi connectivity index (χ4v) is 4.76. The molecule has 6 rings (SSSR count). The molecule has 0 unspecified atom stereocenters. The van der Waals surface area contributed by atoms with Crippen LogP contribution in [0.4, 0.5) is 0 Å². The van der Waals surface area contributed by atoms with Crippen molar-refractivity contribution in [3.05, 3.63) is 121 Å². The predicted molar refractivity (Wildman–Crippen MR) is 144 cm³/mol. The smallest absolute Gasteiger partial charge is 0.118 e. The standard InChI is InChI=1S/C32H24N2O/c1-35-26-18-16-24(17-19-26)29-28(23-11-4-2-5-12-23)30(25-13-6-3-7-14-25)34-32(29)31-27-15-9-8-10-22(27)20-21-33-31/h2-21,34H,1H3. The first-order valence-electron chi connectivity index (χ1n) is 11.7. The highest BCUT2D eigenvalue weighted by Crippen LogP contribution is 2.46. The van der Waals surface area contributed by atoms with E-state index in [1.807, 2.05) is 24.4 Å². The molecule has 0 bridgehead atoms. The highest BCUT2D eigenvalue weighted by Gasteiger charge is 2.24. The lowest BCUT2D eigenvalue weighted by Crippen LogP contribution is -1.90. The number of aromatic amines is 1. The second-order valence-corrected chi connectivity index (χ2v) is 8.47. The van der Waals surface area contributed by atoms with E-state index >= 15 is 0 Å². The second-order valence-electron chi connectivity index (χ2n) is 8.47. The van der Waals surface area contributed by atoms with E-state index < -0.39 is 0 Å². The van der Waals surface area contributed by atoms with E-state index in [4.69, 9.17) is 9.72 Å². The average Bonchev–Trinajstić information content (AvgIpc) is 3.34. The van der Waals surface area contributed by atoms with Crippen molar-refractivity contribution in [2.24, 2.45) is 0 Å². The van der Waals surface area contributed by atoms with Crippen LogP contribution in [-0.4, -0.2) is 17.1 Å². The number of nitrogens with zero attached hydrogens (tertiary/aromatic N) is 1. The molecule has 0 fully saturated rings. The summed E-state index contributed by atoms with van der Waals surface area (Å²) in [6.45, 7) is 0. The van der Waals surface area contributed by atoms with Crippen LogP contribution in [0.3, 0.4) is 0 Å². The number of ether oxygens (including phenoxy) is 1. The number of pyridine rings is 1. The molecule has 168 valence electrons. The van der Waals surface area contributed by atoms with Gasteiger partial charge in [-0.1, -0.05) is 97.1 Å². The number of fused-ring (bicyclic) bond motifs is 1. The molecule has 4 aromatic carbocycles. The van der Waals surface area contributed by atoms with Gasteiger partial charge in [-0.3, -0.25) is 4.98 Å². The summed E-state index contributed by atoms with van der Waals surface area (Å²) < 4.78 is 5.45. The minimum atomic E-state index is 0.832. The lowest BCUT2D eigenvalue weighted by Gasteiger charge is -2.11. The van der Waals surface area contributed by atoms with Gasteiger partial charge in [-0.05, 0) is 40.3 Å². The number of hydrogen-bond donors (Lipinski definition) is 1. The summed E-state index contributed by atoms with van der Waals surface area (Å²) in [6, 6.07) is 39.8. The zero-order chi connectivity index (χ0) is 23.6. The van der Waals surface area contributed by atoms with Crippen LogP contribution in [0.25, 0.3) is 55.7 Å². The first-order chi connectivity index (χ1) is 17.3. The Morgan fingerprint density at radius 2 is 1.17 bits per heavy atom. The second kappa shape index (κ2) is 8.96. The number of H-pyrrole nitrogens is 1. The van der Waals surface area contributed by atoms with Gasteiger partial charge in [0, 0.05) is 22.7 Å². The summed E-state index contributed by atoms with van der Waals surface area (Å²) in [5.74, 6) is 0.832. The van der Waals surface area contributed by atoms with Gasteiger partial charge in [0.15, 0.2) is 0 Å². The Hall–Kier alpha value is -4.63. The van der Waals surface area contributed by atoms with Crippen LogP contribution in [0.5, 0.6) is 5.75 Å². The summed E-state index contributed by atoms with van der Waals surface area (Å²) in [7, 11) is 1.69. The third-order valence-electron chi connectivity index (χ3n) is 6.41. The fourth-order valence-electron chi connectivity index (χ4n) is 4.76.